The Morgan fingerprint density at radius 2 is 2.00 bits per heavy atom. The van der Waals surface area contributed by atoms with Gasteiger partial charge in [-0.1, -0.05) is 6.07 Å². The van der Waals surface area contributed by atoms with Gasteiger partial charge in [-0.05, 0) is 30.3 Å². The molecule has 3 aromatic rings. The first-order valence-corrected chi connectivity index (χ1v) is 7.54. The number of benzene rings is 1. The van der Waals surface area contributed by atoms with E-state index in [1.54, 1.807) is 20.4 Å². The largest absolute Gasteiger partial charge is 0.497 e. The molecule has 0 amide bonds. The van der Waals surface area contributed by atoms with Crippen LogP contribution in [0.15, 0.2) is 48.0 Å². The van der Waals surface area contributed by atoms with Crippen LogP contribution in [0.4, 0.5) is 10.9 Å². The number of pyridine rings is 1. The van der Waals surface area contributed by atoms with Crippen molar-refractivity contribution in [3.8, 4) is 22.8 Å². The highest BCUT2D eigenvalue weighted by molar-refractivity contribution is 7.14. The minimum absolute atomic E-state index is 0.760. The number of aromatic nitrogens is 2. The SMILES string of the molecule is COc1ccc(OC)c(-c2csc(Nc3ccccn3)n2)c1. The molecule has 0 bridgehead atoms. The summed E-state index contributed by atoms with van der Waals surface area (Å²) >= 11 is 1.51. The Morgan fingerprint density at radius 1 is 1.09 bits per heavy atom. The van der Waals surface area contributed by atoms with Gasteiger partial charge >= 0.3 is 0 Å². The normalized spacial score (nSPS) is 10.3. The van der Waals surface area contributed by atoms with Crippen molar-refractivity contribution >= 4 is 22.3 Å². The van der Waals surface area contributed by atoms with Crippen molar-refractivity contribution in [3.05, 3.63) is 48.0 Å². The van der Waals surface area contributed by atoms with Crippen molar-refractivity contribution < 1.29 is 9.47 Å². The average Bonchev–Trinajstić information content (AvgIpc) is 3.03. The topological polar surface area (TPSA) is 56.3 Å². The molecule has 0 spiro atoms. The summed E-state index contributed by atoms with van der Waals surface area (Å²) in [5.74, 6) is 2.29. The molecular formula is C16H15N3O2S. The first-order valence-electron chi connectivity index (χ1n) is 6.66. The lowest BCUT2D eigenvalue weighted by molar-refractivity contribution is 0.404. The van der Waals surface area contributed by atoms with E-state index in [4.69, 9.17) is 9.47 Å². The Morgan fingerprint density at radius 3 is 2.73 bits per heavy atom. The summed E-state index contributed by atoms with van der Waals surface area (Å²) in [5, 5.41) is 5.94. The minimum Gasteiger partial charge on any atom is -0.497 e. The zero-order chi connectivity index (χ0) is 15.4. The molecule has 0 fully saturated rings. The second-order valence-corrected chi connectivity index (χ2v) is 5.30. The molecule has 6 heteroatoms. The third kappa shape index (κ3) is 3.01. The third-order valence-corrected chi connectivity index (χ3v) is 3.84. The second kappa shape index (κ2) is 6.44. The standard InChI is InChI=1S/C16H15N3O2S/c1-20-11-6-7-14(21-2)12(9-11)13-10-22-16(18-13)19-15-5-3-4-8-17-15/h3-10H,1-2H3,(H,17,18,19). The van der Waals surface area contributed by atoms with Gasteiger partial charge in [0, 0.05) is 17.1 Å². The predicted molar refractivity (Wildman–Crippen MR) is 88.2 cm³/mol. The smallest absolute Gasteiger partial charge is 0.188 e. The van der Waals surface area contributed by atoms with Crippen molar-refractivity contribution in [1.29, 1.82) is 0 Å². The van der Waals surface area contributed by atoms with Crippen molar-refractivity contribution in [3.63, 3.8) is 0 Å². The second-order valence-electron chi connectivity index (χ2n) is 4.44. The first kappa shape index (κ1) is 14.3. The van der Waals surface area contributed by atoms with Gasteiger partial charge in [-0.2, -0.15) is 0 Å². The number of anilines is 2. The molecule has 0 aliphatic heterocycles. The molecule has 3 rings (SSSR count). The Balaban J connectivity index is 1.90. The highest BCUT2D eigenvalue weighted by atomic mass is 32.1. The molecule has 22 heavy (non-hydrogen) atoms. The van der Waals surface area contributed by atoms with Gasteiger partial charge in [0.2, 0.25) is 0 Å². The highest BCUT2D eigenvalue weighted by Gasteiger charge is 2.11. The molecule has 112 valence electrons. The summed E-state index contributed by atoms with van der Waals surface area (Å²) < 4.78 is 10.7. The Labute approximate surface area is 132 Å². The van der Waals surface area contributed by atoms with E-state index < -0.39 is 0 Å². The van der Waals surface area contributed by atoms with Gasteiger partial charge in [-0.3, -0.25) is 0 Å². The van der Waals surface area contributed by atoms with E-state index in [9.17, 15) is 0 Å². The van der Waals surface area contributed by atoms with Crippen LogP contribution in [0.25, 0.3) is 11.3 Å². The van der Waals surface area contributed by atoms with Gasteiger partial charge in [0.1, 0.15) is 17.3 Å². The van der Waals surface area contributed by atoms with Crippen LogP contribution in [0.5, 0.6) is 11.5 Å². The summed E-state index contributed by atoms with van der Waals surface area (Å²) in [6, 6.07) is 11.3. The average molecular weight is 313 g/mol. The van der Waals surface area contributed by atoms with Crippen molar-refractivity contribution in [2.45, 2.75) is 0 Å². The number of hydrogen-bond acceptors (Lipinski definition) is 6. The van der Waals surface area contributed by atoms with Crippen LogP contribution < -0.4 is 14.8 Å². The fourth-order valence-corrected chi connectivity index (χ4v) is 2.73. The van der Waals surface area contributed by atoms with E-state index in [0.717, 1.165) is 33.7 Å². The van der Waals surface area contributed by atoms with Crippen LogP contribution in [0, 0.1) is 0 Å². The van der Waals surface area contributed by atoms with Gasteiger partial charge in [0.05, 0.1) is 19.9 Å². The molecule has 0 saturated heterocycles. The minimum atomic E-state index is 0.760. The lowest BCUT2D eigenvalue weighted by Gasteiger charge is -2.08. The molecule has 0 unspecified atom stereocenters. The number of hydrogen-bond donors (Lipinski definition) is 1. The number of rotatable bonds is 5. The van der Waals surface area contributed by atoms with Gasteiger partial charge in [0.25, 0.3) is 0 Å². The fourth-order valence-electron chi connectivity index (χ4n) is 2.02. The molecule has 2 heterocycles. The molecule has 5 nitrogen and oxygen atoms in total. The van der Waals surface area contributed by atoms with Crippen molar-refractivity contribution in [2.75, 3.05) is 19.5 Å². The van der Waals surface area contributed by atoms with Gasteiger partial charge < -0.3 is 14.8 Å². The lowest BCUT2D eigenvalue weighted by Crippen LogP contribution is -1.93. The number of thiazole rings is 1. The zero-order valence-corrected chi connectivity index (χ0v) is 13.1. The van der Waals surface area contributed by atoms with E-state index in [-0.39, 0.29) is 0 Å². The maximum absolute atomic E-state index is 5.40. The van der Waals surface area contributed by atoms with Crippen LogP contribution >= 0.6 is 11.3 Å². The maximum atomic E-state index is 5.40. The Hall–Kier alpha value is -2.60. The molecule has 1 N–H and O–H groups in total. The van der Waals surface area contributed by atoms with E-state index >= 15 is 0 Å². The zero-order valence-electron chi connectivity index (χ0n) is 12.2. The Bertz CT molecular complexity index is 759. The van der Waals surface area contributed by atoms with Crippen LogP contribution in [0.1, 0.15) is 0 Å². The lowest BCUT2D eigenvalue weighted by atomic mass is 10.1. The van der Waals surface area contributed by atoms with Gasteiger partial charge in [-0.25, -0.2) is 9.97 Å². The van der Waals surface area contributed by atoms with Crippen LogP contribution in [-0.2, 0) is 0 Å². The van der Waals surface area contributed by atoms with E-state index in [1.807, 2.05) is 41.8 Å². The number of nitrogens with zero attached hydrogens (tertiary/aromatic N) is 2. The van der Waals surface area contributed by atoms with Gasteiger partial charge in [0.15, 0.2) is 5.13 Å². The van der Waals surface area contributed by atoms with Gasteiger partial charge in [-0.15, -0.1) is 11.3 Å². The highest BCUT2D eigenvalue weighted by Crippen LogP contribution is 2.35. The van der Waals surface area contributed by atoms with Crippen LogP contribution in [0.3, 0.4) is 0 Å². The first-order chi connectivity index (χ1) is 10.8. The van der Waals surface area contributed by atoms with Crippen molar-refractivity contribution in [1.82, 2.24) is 9.97 Å². The molecule has 2 aromatic heterocycles. The molecule has 0 atom stereocenters. The van der Waals surface area contributed by atoms with Crippen LogP contribution in [-0.4, -0.2) is 24.2 Å². The summed E-state index contributed by atoms with van der Waals surface area (Å²) in [5.41, 5.74) is 1.73. The number of nitrogens with one attached hydrogen (secondary N) is 1. The van der Waals surface area contributed by atoms with E-state index in [2.05, 4.69) is 15.3 Å². The summed E-state index contributed by atoms with van der Waals surface area (Å²) in [7, 11) is 3.28. The predicted octanol–water partition coefficient (Wildman–Crippen LogP) is 3.97. The van der Waals surface area contributed by atoms with E-state index in [1.165, 1.54) is 11.3 Å². The quantitative estimate of drug-likeness (QED) is 0.772. The fraction of sp³-hybridized carbons (Fsp3) is 0.125. The third-order valence-electron chi connectivity index (χ3n) is 3.09. The molecule has 1 aromatic carbocycles. The Kier molecular flexibility index (Phi) is 4.20. The monoisotopic (exact) mass is 313 g/mol. The molecule has 0 saturated carbocycles. The summed E-state index contributed by atoms with van der Waals surface area (Å²) in [6.45, 7) is 0. The summed E-state index contributed by atoms with van der Waals surface area (Å²) in [6.07, 6.45) is 1.74. The van der Waals surface area contributed by atoms with Crippen molar-refractivity contribution in [2.24, 2.45) is 0 Å². The van der Waals surface area contributed by atoms with E-state index in [0.29, 0.717) is 0 Å². The molecular weight excluding hydrogens is 298 g/mol. The number of methoxy groups -OCH3 is 2. The van der Waals surface area contributed by atoms with Crippen LogP contribution in [0.2, 0.25) is 0 Å². The maximum Gasteiger partial charge on any atom is 0.188 e. The molecule has 0 aliphatic rings. The summed E-state index contributed by atoms with van der Waals surface area (Å²) in [4.78, 5) is 8.82. The number of ether oxygens (including phenoxy) is 2. The molecule has 0 radical (unpaired) electrons. The molecule has 0 aliphatic carbocycles.